The molecule has 7 nitrogen and oxygen atoms in total. The number of nitrogens with one attached hydrogen (secondary N) is 1. The smallest absolute Gasteiger partial charge is 0.243 e. The summed E-state index contributed by atoms with van der Waals surface area (Å²) in [5.41, 5.74) is 1.65. The molecule has 9 heteroatoms. The monoisotopic (exact) mass is 591 g/mol. The Kier molecular flexibility index (Phi) is 10.2. The lowest BCUT2D eigenvalue weighted by Crippen LogP contribution is -2.53. The van der Waals surface area contributed by atoms with Gasteiger partial charge in [0, 0.05) is 31.6 Å². The van der Waals surface area contributed by atoms with Gasteiger partial charge in [0.2, 0.25) is 21.8 Å². The summed E-state index contributed by atoms with van der Waals surface area (Å²) in [6.45, 7) is 2.09. The number of sulfonamides is 1. The van der Waals surface area contributed by atoms with Gasteiger partial charge >= 0.3 is 0 Å². The van der Waals surface area contributed by atoms with Crippen LogP contribution in [-0.4, -0.2) is 55.6 Å². The number of nitrogens with zero attached hydrogens (tertiary/aromatic N) is 2. The molecule has 0 fully saturated rings. The van der Waals surface area contributed by atoms with Crippen LogP contribution in [-0.2, 0) is 32.6 Å². The van der Waals surface area contributed by atoms with Gasteiger partial charge in [0.1, 0.15) is 6.04 Å². The fraction of sp³-hybridized carbons (Fsp3) is 0.250. The van der Waals surface area contributed by atoms with E-state index < -0.39 is 28.5 Å². The van der Waals surface area contributed by atoms with E-state index in [9.17, 15) is 18.0 Å². The van der Waals surface area contributed by atoms with Crippen molar-refractivity contribution in [2.75, 3.05) is 20.1 Å². The van der Waals surface area contributed by atoms with E-state index in [0.717, 1.165) is 32.6 Å². The summed E-state index contributed by atoms with van der Waals surface area (Å²) in [5, 5.41) is 5.18. The highest BCUT2D eigenvalue weighted by Gasteiger charge is 2.33. The summed E-state index contributed by atoms with van der Waals surface area (Å²) in [6, 6.07) is 28.0. The molecule has 0 spiro atoms. The molecule has 0 unspecified atom stereocenters. The van der Waals surface area contributed by atoms with E-state index in [1.807, 2.05) is 61.5 Å². The molecule has 0 bridgehead atoms. The topological polar surface area (TPSA) is 86.8 Å². The second-order valence-corrected chi connectivity index (χ2v) is 12.4. The van der Waals surface area contributed by atoms with Crippen LogP contribution >= 0.6 is 11.6 Å². The molecule has 4 aromatic carbocycles. The van der Waals surface area contributed by atoms with E-state index in [0.29, 0.717) is 11.6 Å². The number of hydrogen-bond donors (Lipinski definition) is 1. The third kappa shape index (κ3) is 7.73. The van der Waals surface area contributed by atoms with Crippen molar-refractivity contribution in [3.8, 4) is 0 Å². The molecule has 4 rings (SSSR count). The predicted molar refractivity (Wildman–Crippen MR) is 163 cm³/mol. The molecular formula is C32H34ClN3O4S. The molecular weight excluding hydrogens is 558 g/mol. The highest BCUT2D eigenvalue weighted by atomic mass is 35.5. The summed E-state index contributed by atoms with van der Waals surface area (Å²) >= 11 is 6.08. The van der Waals surface area contributed by atoms with Gasteiger partial charge in [-0.2, -0.15) is 4.31 Å². The zero-order chi connectivity index (χ0) is 29.4. The van der Waals surface area contributed by atoms with Gasteiger partial charge in [-0.05, 0) is 52.6 Å². The Morgan fingerprint density at radius 3 is 2.20 bits per heavy atom. The van der Waals surface area contributed by atoms with Gasteiger partial charge in [0.05, 0.1) is 11.4 Å². The lowest BCUT2D eigenvalue weighted by Gasteiger charge is -2.32. The Labute approximate surface area is 246 Å². The maximum atomic E-state index is 13.9. The number of halogens is 1. The Hall–Kier alpha value is -3.72. The quantitative estimate of drug-likeness (QED) is 0.243. The number of fused-ring (bicyclic) bond motifs is 1. The average molecular weight is 592 g/mol. The van der Waals surface area contributed by atoms with Crippen LogP contribution in [0.25, 0.3) is 10.8 Å². The average Bonchev–Trinajstić information content (AvgIpc) is 2.98. The normalized spacial score (nSPS) is 12.3. The molecule has 0 saturated carbocycles. The second kappa shape index (κ2) is 13.8. The molecule has 214 valence electrons. The molecule has 0 aliphatic carbocycles. The molecule has 0 heterocycles. The number of rotatable bonds is 12. The third-order valence-corrected chi connectivity index (χ3v) is 8.92. The zero-order valence-electron chi connectivity index (χ0n) is 23.2. The van der Waals surface area contributed by atoms with Gasteiger partial charge in [0.15, 0.2) is 0 Å². The van der Waals surface area contributed by atoms with Gasteiger partial charge in [-0.15, -0.1) is 0 Å². The molecule has 2 amide bonds. The number of hydrogen-bond acceptors (Lipinski definition) is 4. The highest BCUT2D eigenvalue weighted by Crippen LogP contribution is 2.22. The first-order valence-electron chi connectivity index (χ1n) is 13.5. The number of carbonyl (C=O) groups is 2. The van der Waals surface area contributed by atoms with Crippen LogP contribution < -0.4 is 5.32 Å². The highest BCUT2D eigenvalue weighted by molar-refractivity contribution is 7.89. The van der Waals surface area contributed by atoms with Crippen LogP contribution in [0.4, 0.5) is 0 Å². The van der Waals surface area contributed by atoms with Gasteiger partial charge in [-0.3, -0.25) is 9.59 Å². The van der Waals surface area contributed by atoms with Crippen LogP contribution in [0.1, 0.15) is 24.5 Å². The Morgan fingerprint density at radius 2 is 1.51 bits per heavy atom. The first-order valence-corrected chi connectivity index (χ1v) is 15.3. The van der Waals surface area contributed by atoms with Crippen molar-refractivity contribution in [2.45, 2.75) is 37.2 Å². The van der Waals surface area contributed by atoms with Crippen molar-refractivity contribution in [3.63, 3.8) is 0 Å². The molecule has 0 aliphatic rings. The maximum Gasteiger partial charge on any atom is 0.243 e. The molecule has 1 N–H and O–H groups in total. The molecule has 0 aromatic heterocycles. The predicted octanol–water partition coefficient (Wildman–Crippen LogP) is 5.28. The summed E-state index contributed by atoms with van der Waals surface area (Å²) in [7, 11) is -2.61. The first kappa shape index (κ1) is 30.2. The standard InChI is InChI=1S/C32H34ClN3O4S/c1-3-19-34-32(38)30(20-24-9-5-4-6-10-24)36(22-25-13-16-28(33)17-14-25)31(37)23-35(2)41(39,40)29-18-15-26-11-7-8-12-27(26)21-29/h4-18,21,30H,3,19-20,22-23H2,1-2H3,(H,34,38)/t30-/m1/s1. The van der Waals surface area contributed by atoms with Gasteiger partial charge in [-0.1, -0.05) is 91.3 Å². The minimum absolute atomic E-state index is 0.0947. The van der Waals surface area contributed by atoms with Crippen LogP contribution in [0, 0.1) is 0 Å². The summed E-state index contributed by atoms with van der Waals surface area (Å²) < 4.78 is 28.1. The van der Waals surface area contributed by atoms with Crippen molar-refractivity contribution < 1.29 is 18.0 Å². The SMILES string of the molecule is CCCNC(=O)[C@@H](Cc1ccccc1)N(Cc1ccc(Cl)cc1)C(=O)CN(C)S(=O)(=O)c1ccc2ccccc2c1. The number of benzene rings is 4. The first-order chi connectivity index (χ1) is 19.7. The van der Waals surface area contributed by atoms with Crippen LogP contribution in [0.3, 0.4) is 0 Å². The molecule has 41 heavy (non-hydrogen) atoms. The van der Waals surface area contributed by atoms with Crippen LogP contribution in [0.15, 0.2) is 102 Å². The van der Waals surface area contributed by atoms with Crippen molar-refractivity contribution in [2.24, 2.45) is 0 Å². The van der Waals surface area contributed by atoms with Crippen molar-refractivity contribution in [3.05, 3.63) is 113 Å². The Balaban J connectivity index is 1.65. The fourth-order valence-corrected chi connectivity index (χ4v) is 5.86. The maximum absolute atomic E-state index is 13.9. The molecule has 0 saturated heterocycles. The van der Waals surface area contributed by atoms with Crippen LogP contribution in [0.2, 0.25) is 5.02 Å². The summed E-state index contributed by atoms with van der Waals surface area (Å²) in [6.07, 6.45) is 1.01. The Morgan fingerprint density at radius 1 is 0.854 bits per heavy atom. The van der Waals surface area contributed by atoms with E-state index in [1.165, 1.54) is 11.9 Å². The van der Waals surface area contributed by atoms with E-state index in [-0.39, 0.29) is 23.8 Å². The second-order valence-electron chi connectivity index (χ2n) is 9.91. The zero-order valence-corrected chi connectivity index (χ0v) is 24.7. The number of carbonyl (C=O) groups excluding carboxylic acids is 2. The van der Waals surface area contributed by atoms with Gasteiger partial charge in [-0.25, -0.2) is 8.42 Å². The summed E-state index contributed by atoms with van der Waals surface area (Å²) in [5.74, 6) is -0.780. The number of likely N-dealkylation sites (N-methyl/N-ethyl adjacent to an activating group) is 1. The lowest BCUT2D eigenvalue weighted by atomic mass is 10.0. The lowest BCUT2D eigenvalue weighted by molar-refractivity contribution is -0.141. The molecule has 0 aliphatic heterocycles. The van der Waals surface area contributed by atoms with Crippen molar-refractivity contribution in [1.29, 1.82) is 0 Å². The fourth-order valence-electron chi connectivity index (χ4n) is 4.58. The van der Waals surface area contributed by atoms with Crippen LogP contribution in [0.5, 0.6) is 0 Å². The van der Waals surface area contributed by atoms with E-state index >= 15 is 0 Å². The largest absolute Gasteiger partial charge is 0.354 e. The van der Waals surface area contributed by atoms with E-state index in [2.05, 4.69) is 5.32 Å². The molecule has 4 aromatic rings. The minimum Gasteiger partial charge on any atom is -0.354 e. The van der Waals surface area contributed by atoms with E-state index in [4.69, 9.17) is 11.6 Å². The number of amides is 2. The summed E-state index contributed by atoms with van der Waals surface area (Å²) in [4.78, 5) is 29.0. The molecule has 0 radical (unpaired) electrons. The van der Waals surface area contributed by atoms with Gasteiger partial charge < -0.3 is 10.2 Å². The minimum atomic E-state index is -3.99. The van der Waals surface area contributed by atoms with Crippen molar-refractivity contribution >= 4 is 44.2 Å². The van der Waals surface area contributed by atoms with Gasteiger partial charge in [0.25, 0.3) is 0 Å². The Bertz CT molecular complexity index is 1590. The third-order valence-electron chi connectivity index (χ3n) is 6.87. The van der Waals surface area contributed by atoms with E-state index in [1.54, 1.807) is 42.5 Å². The van der Waals surface area contributed by atoms with Crippen molar-refractivity contribution in [1.82, 2.24) is 14.5 Å². The molecule has 1 atom stereocenters.